The topological polar surface area (TPSA) is 104 Å². The van der Waals surface area contributed by atoms with Crippen LogP contribution >= 0.6 is 0 Å². The van der Waals surface area contributed by atoms with Gasteiger partial charge >= 0.3 is 6.18 Å². The highest BCUT2D eigenvalue weighted by Gasteiger charge is 2.65. The number of nitrogens with zero attached hydrogens (tertiary/aromatic N) is 1. The third kappa shape index (κ3) is 4.27. The molecule has 0 spiro atoms. The standard InChI is InChI=1S/C21H19F6N3O4/c1-8-14(10-4-5-11(22)15(24)16(10)33-3)17(34-20(8,2)21(25,26)27)19(32)29-9-6-12(18(28)31)30-13(23)7-9/h4-8,14,17H,1-3H3,(H2,28,31)(H,29,30,32)/t8-,14-,17-,20-/m0/s1. The average Bonchev–Trinajstić information content (AvgIpc) is 3.01. The van der Waals surface area contributed by atoms with Crippen molar-refractivity contribution in [3.05, 3.63) is 53.1 Å². The van der Waals surface area contributed by atoms with Gasteiger partial charge in [0.2, 0.25) is 11.8 Å². The zero-order valence-corrected chi connectivity index (χ0v) is 18.0. The third-order valence-electron chi connectivity index (χ3n) is 5.88. The minimum atomic E-state index is -4.95. The third-order valence-corrected chi connectivity index (χ3v) is 5.88. The van der Waals surface area contributed by atoms with E-state index in [4.69, 9.17) is 15.2 Å². The number of anilines is 1. The van der Waals surface area contributed by atoms with E-state index in [1.807, 2.05) is 0 Å². The fourth-order valence-corrected chi connectivity index (χ4v) is 3.95. The largest absolute Gasteiger partial charge is 0.493 e. The molecule has 1 aromatic carbocycles. The molecule has 1 aliphatic heterocycles. The Balaban J connectivity index is 2.09. The summed E-state index contributed by atoms with van der Waals surface area (Å²) in [4.78, 5) is 27.6. The van der Waals surface area contributed by atoms with E-state index in [0.717, 1.165) is 33.1 Å². The van der Waals surface area contributed by atoms with Crippen molar-refractivity contribution >= 4 is 17.5 Å². The molecule has 2 heterocycles. The Bertz CT molecular complexity index is 1140. The summed E-state index contributed by atoms with van der Waals surface area (Å²) in [5.41, 5.74) is 1.07. The molecule has 2 aromatic rings. The Kier molecular flexibility index (Phi) is 6.53. The molecule has 34 heavy (non-hydrogen) atoms. The van der Waals surface area contributed by atoms with Crippen LogP contribution in [0.15, 0.2) is 24.3 Å². The lowest BCUT2D eigenvalue weighted by atomic mass is 9.77. The van der Waals surface area contributed by atoms with Crippen LogP contribution in [0.4, 0.5) is 32.0 Å². The second kappa shape index (κ2) is 8.78. The number of nitrogens with two attached hydrogens (primary N) is 1. The maximum Gasteiger partial charge on any atom is 0.417 e. The van der Waals surface area contributed by atoms with Crippen LogP contribution in [0.1, 0.15) is 35.8 Å². The molecule has 0 unspecified atom stereocenters. The number of nitrogens with one attached hydrogen (secondary N) is 1. The Morgan fingerprint density at radius 3 is 2.41 bits per heavy atom. The molecule has 1 fully saturated rings. The Hall–Kier alpha value is -3.35. The van der Waals surface area contributed by atoms with Crippen LogP contribution in [0, 0.1) is 23.5 Å². The molecule has 2 amide bonds. The number of benzene rings is 1. The summed E-state index contributed by atoms with van der Waals surface area (Å²) in [6.07, 6.45) is -6.85. The molecule has 0 radical (unpaired) electrons. The number of hydrogen-bond acceptors (Lipinski definition) is 5. The number of hydrogen-bond donors (Lipinski definition) is 2. The molecule has 1 aliphatic rings. The summed E-state index contributed by atoms with van der Waals surface area (Å²) >= 11 is 0. The molecule has 1 saturated heterocycles. The number of carbonyl (C=O) groups excluding carboxylic acids is 2. The Morgan fingerprint density at radius 1 is 1.21 bits per heavy atom. The first-order chi connectivity index (χ1) is 15.7. The number of ether oxygens (including phenoxy) is 2. The summed E-state index contributed by atoms with van der Waals surface area (Å²) in [6.45, 7) is 1.87. The average molecular weight is 491 g/mol. The minimum Gasteiger partial charge on any atom is -0.493 e. The molecule has 7 nitrogen and oxygen atoms in total. The van der Waals surface area contributed by atoms with Gasteiger partial charge in [-0.15, -0.1) is 0 Å². The molecule has 0 saturated carbocycles. The van der Waals surface area contributed by atoms with Gasteiger partial charge in [-0.3, -0.25) is 9.59 Å². The molecule has 184 valence electrons. The highest BCUT2D eigenvalue weighted by molar-refractivity contribution is 5.97. The van der Waals surface area contributed by atoms with Gasteiger partial charge in [0.15, 0.2) is 17.2 Å². The molecule has 3 N–H and O–H groups in total. The van der Waals surface area contributed by atoms with Crippen LogP contribution in [-0.4, -0.2) is 41.8 Å². The van der Waals surface area contributed by atoms with Gasteiger partial charge in [0.25, 0.3) is 11.8 Å². The molecule has 1 aromatic heterocycles. The molecule has 13 heteroatoms. The monoisotopic (exact) mass is 491 g/mol. The van der Waals surface area contributed by atoms with Crippen molar-refractivity contribution in [1.29, 1.82) is 0 Å². The van der Waals surface area contributed by atoms with Gasteiger partial charge in [-0.05, 0) is 19.1 Å². The van der Waals surface area contributed by atoms with E-state index in [9.17, 15) is 35.9 Å². The number of aromatic nitrogens is 1. The van der Waals surface area contributed by atoms with Crippen LogP contribution in [0.2, 0.25) is 0 Å². The maximum absolute atomic E-state index is 14.4. The highest BCUT2D eigenvalue weighted by atomic mass is 19.4. The number of alkyl halides is 3. The number of methoxy groups -OCH3 is 1. The van der Waals surface area contributed by atoms with Gasteiger partial charge in [-0.2, -0.15) is 22.0 Å². The molecular formula is C21H19F6N3O4. The highest BCUT2D eigenvalue weighted by Crippen LogP contribution is 2.55. The molecule has 0 aliphatic carbocycles. The molecular weight excluding hydrogens is 472 g/mol. The first-order valence-electron chi connectivity index (χ1n) is 9.76. The second-order valence-corrected chi connectivity index (χ2v) is 7.86. The SMILES string of the molecule is COc1c([C@H]2[C@@H](C(=O)Nc3cc(F)nc(C(N)=O)c3)O[C@](C)(C(F)(F)F)[C@H]2C)ccc(F)c1F. The van der Waals surface area contributed by atoms with E-state index < -0.39 is 70.6 Å². The second-order valence-electron chi connectivity index (χ2n) is 7.86. The molecule has 3 rings (SSSR count). The minimum absolute atomic E-state index is 0.235. The Labute approximate surface area is 189 Å². The summed E-state index contributed by atoms with van der Waals surface area (Å²) in [7, 11) is 0.991. The molecule has 4 atom stereocenters. The van der Waals surface area contributed by atoms with Crippen molar-refractivity contribution in [2.75, 3.05) is 12.4 Å². The van der Waals surface area contributed by atoms with Crippen molar-refractivity contribution in [3.63, 3.8) is 0 Å². The van der Waals surface area contributed by atoms with Crippen molar-refractivity contribution in [3.8, 4) is 5.75 Å². The lowest BCUT2D eigenvalue weighted by molar-refractivity contribution is -0.272. The number of amides is 2. The fourth-order valence-electron chi connectivity index (χ4n) is 3.95. The predicted octanol–water partition coefficient (Wildman–Crippen LogP) is 3.68. The van der Waals surface area contributed by atoms with Gasteiger partial charge < -0.3 is 20.5 Å². The van der Waals surface area contributed by atoms with E-state index in [1.165, 1.54) is 0 Å². The normalized spacial score (nSPS) is 24.7. The zero-order chi connectivity index (χ0) is 25.6. The van der Waals surface area contributed by atoms with E-state index in [2.05, 4.69) is 10.3 Å². The summed E-state index contributed by atoms with van der Waals surface area (Å²) < 4.78 is 93.7. The number of primary amides is 1. The van der Waals surface area contributed by atoms with Crippen LogP contribution < -0.4 is 15.8 Å². The van der Waals surface area contributed by atoms with Crippen LogP contribution in [0.5, 0.6) is 5.75 Å². The van der Waals surface area contributed by atoms with E-state index in [1.54, 1.807) is 0 Å². The number of rotatable bonds is 5. The quantitative estimate of drug-likeness (QED) is 0.491. The van der Waals surface area contributed by atoms with Crippen molar-refractivity contribution in [2.45, 2.75) is 37.6 Å². The van der Waals surface area contributed by atoms with Crippen molar-refractivity contribution < 1.29 is 45.4 Å². The number of pyridine rings is 1. The van der Waals surface area contributed by atoms with Gasteiger partial charge in [0.1, 0.15) is 11.8 Å². The van der Waals surface area contributed by atoms with Crippen LogP contribution in [0.25, 0.3) is 0 Å². The lowest BCUT2D eigenvalue weighted by Crippen LogP contribution is -2.47. The smallest absolute Gasteiger partial charge is 0.417 e. The van der Waals surface area contributed by atoms with Crippen molar-refractivity contribution in [1.82, 2.24) is 4.98 Å². The van der Waals surface area contributed by atoms with Crippen molar-refractivity contribution in [2.24, 2.45) is 11.7 Å². The van der Waals surface area contributed by atoms with E-state index in [-0.39, 0.29) is 11.3 Å². The first kappa shape index (κ1) is 25.3. The zero-order valence-electron chi connectivity index (χ0n) is 18.0. The van der Waals surface area contributed by atoms with Gasteiger partial charge in [0.05, 0.1) is 7.11 Å². The predicted molar refractivity (Wildman–Crippen MR) is 105 cm³/mol. The number of carbonyl (C=O) groups is 2. The number of halogens is 6. The summed E-state index contributed by atoms with van der Waals surface area (Å²) in [6, 6.07) is 3.31. The fraction of sp³-hybridized carbons (Fsp3) is 0.381. The van der Waals surface area contributed by atoms with Gasteiger partial charge in [-0.25, -0.2) is 9.37 Å². The van der Waals surface area contributed by atoms with Gasteiger partial charge in [0, 0.05) is 29.2 Å². The molecule has 0 bridgehead atoms. The first-order valence-corrected chi connectivity index (χ1v) is 9.76. The van der Waals surface area contributed by atoms with Crippen LogP contribution in [0.3, 0.4) is 0 Å². The lowest BCUT2D eigenvalue weighted by Gasteiger charge is -2.32. The van der Waals surface area contributed by atoms with Crippen LogP contribution in [-0.2, 0) is 9.53 Å². The summed E-state index contributed by atoms with van der Waals surface area (Å²) in [5, 5.41) is 2.17. The van der Waals surface area contributed by atoms with E-state index >= 15 is 0 Å². The summed E-state index contributed by atoms with van der Waals surface area (Å²) in [5.74, 6) is -9.85. The van der Waals surface area contributed by atoms with E-state index in [0.29, 0.717) is 12.1 Å². The van der Waals surface area contributed by atoms with Gasteiger partial charge in [-0.1, -0.05) is 13.0 Å². The maximum atomic E-state index is 14.4. The Morgan fingerprint density at radius 2 is 1.85 bits per heavy atom.